The van der Waals surface area contributed by atoms with Crippen LogP contribution < -0.4 is 0 Å². The lowest BCUT2D eigenvalue weighted by molar-refractivity contribution is -0.137. The van der Waals surface area contributed by atoms with Crippen LogP contribution in [0.15, 0.2) is 53.0 Å². The van der Waals surface area contributed by atoms with E-state index in [-0.39, 0.29) is 5.78 Å². The van der Waals surface area contributed by atoms with Crippen LogP contribution in [-0.2, 0) is 6.18 Å². The largest absolute Gasteiger partial charge is 0.416 e. The van der Waals surface area contributed by atoms with Gasteiger partial charge < -0.3 is 4.98 Å². The zero-order valence-electron chi connectivity index (χ0n) is 13.0. The first-order valence-electron chi connectivity index (χ1n) is 7.30. The highest BCUT2D eigenvalue weighted by atomic mass is 79.9. The van der Waals surface area contributed by atoms with Gasteiger partial charge in [-0.3, -0.25) is 4.79 Å². The van der Waals surface area contributed by atoms with E-state index >= 15 is 0 Å². The third-order valence-corrected chi connectivity index (χ3v) is 4.19. The van der Waals surface area contributed by atoms with Gasteiger partial charge in [-0.05, 0) is 24.3 Å². The van der Waals surface area contributed by atoms with Crippen molar-refractivity contribution in [1.82, 2.24) is 9.97 Å². The molecule has 1 N–H and O–H groups in total. The summed E-state index contributed by atoms with van der Waals surface area (Å²) in [5.74, 6) is 0.139. The highest BCUT2D eigenvalue weighted by Crippen LogP contribution is 2.32. The van der Waals surface area contributed by atoms with Gasteiger partial charge in [-0.2, -0.15) is 13.2 Å². The van der Waals surface area contributed by atoms with Crippen molar-refractivity contribution >= 4 is 21.7 Å². The number of Topliss-reactive ketones (excluding diaryl/α,β-unsaturated/α-hetero) is 1. The standard InChI is InChI=1S/C18H12BrF3N2O/c1-10(25)15-16(11-4-8-14(19)9-5-11)24-17(23-15)12-2-6-13(7-3-12)18(20,21)22/h2-9H,1H3,(H,23,24). The van der Waals surface area contributed by atoms with E-state index in [1.807, 2.05) is 24.3 Å². The van der Waals surface area contributed by atoms with E-state index in [1.54, 1.807) is 0 Å². The molecule has 2 aromatic carbocycles. The van der Waals surface area contributed by atoms with Gasteiger partial charge in [0.1, 0.15) is 11.5 Å². The number of aromatic amines is 1. The first kappa shape index (κ1) is 17.4. The summed E-state index contributed by atoms with van der Waals surface area (Å²) >= 11 is 3.34. The third kappa shape index (κ3) is 3.66. The van der Waals surface area contributed by atoms with E-state index in [0.717, 1.165) is 22.2 Å². The number of ketones is 1. The van der Waals surface area contributed by atoms with Gasteiger partial charge in [0, 0.05) is 22.5 Å². The maximum absolute atomic E-state index is 12.7. The number of nitrogens with zero attached hydrogens (tertiary/aromatic N) is 1. The predicted molar refractivity (Wildman–Crippen MR) is 92.2 cm³/mol. The van der Waals surface area contributed by atoms with Crippen LogP contribution >= 0.6 is 15.9 Å². The van der Waals surface area contributed by atoms with Gasteiger partial charge in [0.05, 0.1) is 11.3 Å². The van der Waals surface area contributed by atoms with E-state index in [9.17, 15) is 18.0 Å². The van der Waals surface area contributed by atoms with Crippen LogP contribution in [-0.4, -0.2) is 15.8 Å². The summed E-state index contributed by atoms with van der Waals surface area (Å²) in [4.78, 5) is 19.2. The van der Waals surface area contributed by atoms with E-state index < -0.39 is 11.7 Å². The lowest BCUT2D eigenvalue weighted by atomic mass is 10.1. The molecule has 128 valence electrons. The van der Waals surface area contributed by atoms with Crippen molar-refractivity contribution in [2.24, 2.45) is 0 Å². The number of H-pyrrole nitrogens is 1. The number of rotatable bonds is 3. The Labute approximate surface area is 150 Å². The molecule has 1 aromatic heterocycles. The van der Waals surface area contributed by atoms with E-state index in [2.05, 4.69) is 25.9 Å². The van der Waals surface area contributed by atoms with Gasteiger partial charge in [-0.15, -0.1) is 0 Å². The quantitative estimate of drug-likeness (QED) is 0.562. The average Bonchev–Trinajstić information content (AvgIpc) is 3.00. The maximum atomic E-state index is 12.7. The molecule has 0 aliphatic heterocycles. The van der Waals surface area contributed by atoms with Crippen molar-refractivity contribution in [2.75, 3.05) is 0 Å². The fourth-order valence-corrected chi connectivity index (χ4v) is 2.66. The number of hydrogen-bond donors (Lipinski definition) is 1. The van der Waals surface area contributed by atoms with Gasteiger partial charge in [-0.25, -0.2) is 4.98 Å². The van der Waals surface area contributed by atoms with Crippen LogP contribution in [0.25, 0.3) is 22.6 Å². The number of nitrogens with one attached hydrogen (secondary N) is 1. The summed E-state index contributed by atoms with van der Waals surface area (Å²) in [5, 5.41) is 0. The molecule has 3 aromatic rings. The first-order valence-corrected chi connectivity index (χ1v) is 8.09. The Kier molecular flexibility index (Phi) is 4.51. The smallest absolute Gasteiger partial charge is 0.335 e. The van der Waals surface area contributed by atoms with Crippen molar-refractivity contribution in [3.63, 3.8) is 0 Å². The topological polar surface area (TPSA) is 45.8 Å². The molecule has 0 saturated carbocycles. The fraction of sp³-hybridized carbons (Fsp3) is 0.111. The first-order chi connectivity index (χ1) is 11.8. The Morgan fingerprint density at radius 2 is 1.56 bits per heavy atom. The number of halogens is 4. The molecule has 0 atom stereocenters. The molecular formula is C18H12BrF3N2O. The Bertz CT molecular complexity index is 913. The van der Waals surface area contributed by atoms with E-state index in [4.69, 9.17) is 0 Å². The number of carbonyl (C=O) groups is 1. The zero-order valence-corrected chi connectivity index (χ0v) is 14.6. The van der Waals surface area contributed by atoms with Gasteiger partial charge in [0.25, 0.3) is 0 Å². The molecule has 0 saturated heterocycles. The van der Waals surface area contributed by atoms with Crippen LogP contribution in [0.4, 0.5) is 13.2 Å². The summed E-state index contributed by atoms with van der Waals surface area (Å²) in [5.41, 5.74) is 1.26. The Balaban J connectivity index is 2.05. The van der Waals surface area contributed by atoms with Crippen LogP contribution in [0.5, 0.6) is 0 Å². The summed E-state index contributed by atoms with van der Waals surface area (Å²) in [7, 11) is 0. The van der Waals surface area contributed by atoms with Crippen LogP contribution in [0, 0.1) is 0 Å². The highest BCUT2D eigenvalue weighted by molar-refractivity contribution is 9.10. The lowest BCUT2D eigenvalue weighted by Crippen LogP contribution is -2.04. The summed E-state index contributed by atoms with van der Waals surface area (Å²) in [6, 6.07) is 11.9. The molecule has 0 radical (unpaired) electrons. The van der Waals surface area contributed by atoms with Gasteiger partial charge in [0.15, 0.2) is 5.78 Å². The lowest BCUT2D eigenvalue weighted by Gasteiger charge is -2.06. The second-order valence-electron chi connectivity index (χ2n) is 5.45. The van der Waals surface area contributed by atoms with Gasteiger partial charge in [-0.1, -0.05) is 40.2 Å². The number of aromatic nitrogens is 2. The van der Waals surface area contributed by atoms with Crippen LogP contribution in [0.3, 0.4) is 0 Å². The maximum Gasteiger partial charge on any atom is 0.416 e. The molecule has 0 spiro atoms. The van der Waals surface area contributed by atoms with Crippen molar-refractivity contribution < 1.29 is 18.0 Å². The Morgan fingerprint density at radius 3 is 2.08 bits per heavy atom. The van der Waals surface area contributed by atoms with Crippen LogP contribution in [0.2, 0.25) is 0 Å². The number of alkyl halides is 3. The molecule has 7 heteroatoms. The molecule has 3 rings (SSSR count). The minimum atomic E-state index is -4.39. The van der Waals surface area contributed by atoms with Crippen molar-refractivity contribution in [3.8, 4) is 22.6 Å². The number of benzene rings is 2. The SMILES string of the molecule is CC(=O)c1[nH]c(-c2ccc(C(F)(F)F)cc2)nc1-c1ccc(Br)cc1. The van der Waals surface area contributed by atoms with E-state index in [0.29, 0.717) is 22.8 Å². The fourth-order valence-electron chi connectivity index (χ4n) is 2.40. The Morgan fingerprint density at radius 1 is 1.00 bits per heavy atom. The van der Waals surface area contributed by atoms with Crippen molar-refractivity contribution in [2.45, 2.75) is 13.1 Å². The molecule has 25 heavy (non-hydrogen) atoms. The predicted octanol–water partition coefficient (Wildman–Crippen LogP) is 5.73. The molecule has 3 nitrogen and oxygen atoms in total. The molecular weight excluding hydrogens is 397 g/mol. The normalized spacial score (nSPS) is 11.6. The summed E-state index contributed by atoms with van der Waals surface area (Å²) in [6.07, 6.45) is -4.39. The third-order valence-electron chi connectivity index (χ3n) is 3.66. The molecule has 0 amide bonds. The monoisotopic (exact) mass is 408 g/mol. The minimum Gasteiger partial charge on any atom is -0.335 e. The molecule has 1 heterocycles. The molecule has 0 fully saturated rings. The van der Waals surface area contributed by atoms with Crippen molar-refractivity contribution in [1.29, 1.82) is 0 Å². The molecule has 0 unspecified atom stereocenters. The molecule has 0 bridgehead atoms. The van der Waals surface area contributed by atoms with Gasteiger partial charge >= 0.3 is 6.18 Å². The second-order valence-corrected chi connectivity index (χ2v) is 6.36. The highest BCUT2D eigenvalue weighted by Gasteiger charge is 2.30. The number of hydrogen-bond acceptors (Lipinski definition) is 2. The summed E-state index contributed by atoms with van der Waals surface area (Å²) < 4.78 is 38.9. The summed E-state index contributed by atoms with van der Waals surface area (Å²) in [6.45, 7) is 1.41. The van der Waals surface area contributed by atoms with Gasteiger partial charge in [0.2, 0.25) is 0 Å². The number of carbonyl (C=O) groups excluding carboxylic acids is 1. The number of imidazole rings is 1. The zero-order chi connectivity index (χ0) is 18.2. The van der Waals surface area contributed by atoms with E-state index in [1.165, 1.54) is 19.1 Å². The Hall–Kier alpha value is -2.41. The molecule has 0 aliphatic rings. The van der Waals surface area contributed by atoms with Crippen LogP contribution in [0.1, 0.15) is 23.0 Å². The average molecular weight is 409 g/mol. The second kappa shape index (κ2) is 6.48. The minimum absolute atomic E-state index is 0.205. The molecule has 0 aliphatic carbocycles. The van der Waals surface area contributed by atoms with Crippen molar-refractivity contribution in [3.05, 3.63) is 64.3 Å².